The molecule has 8 aromatic carbocycles. The van der Waals surface area contributed by atoms with Crippen LogP contribution >= 0.6 is 22.7 Å². The van der Waals surface area contributed by atoms with Crippen molar-refractivity contribution in [2.24, 2.45) is 0 Å². The van der Waals surface area contributed by atoms with E-state index in [1.807, 2.05) is 12.1 Å². The van der Waals surface area contributed by atoms with Crippen LogP contribution in [-0.4, -0.2) is 9.97 Å². The maximum Gasteiger partial charge on any atom is 0.124 e. The monoisotopic (exact) mass is 687 g/mol. The van der Waals surface area contributed by atoms with Gasteiger partial charge in [-0.2, -0.15) is 0 Å². The average molecular weight is 688 g/mol. The third kappa shape index (κ3) is 5.44. The van der Waals surface area contributed by atoms with Crippen molar-refractivity contribution in [3.8, 4) is 32.3 Å². The lowest BCUT2D eigenvalue weighted by Gasteiger charge is -2.26. The molecule has 0 aliphatic heterocycles. The molecule has 0 aliphatic rings. The first-order valence-electron chi connectivity index (χ1n) is 17.0. The lowest BCUT2D eigenvalue weighted by atomic mass is 9.96. The standard InChI is InChI=1S/C46H29N3S2/c1-2-10-39-30(8-1)9-7-11-40(39)35-17-16-34-29-38(27-22-33(34)28-35)49(36-23-18-31(19-24-36)45-47-41-12-3-5-14-43(41)50-45)37-25-20-32(21-26-37)46-48-42-13-4-6-15-44(42)51-46/h1-29H. The minimum Gasteiger partial charge on any atom is -0.310 e. The molecule has 0 aliphatic carbocycles. The molecule has 2 aromatic heterocycles. The molecule has 10 aromatic rings. The van der Waals surface area contributed by atoms with Gasteiger partial charge in [-0.15, -0.1) is 22.7 Å². The van der Waals surface area contributed by atoms with E-state index in [4.69, 9.17) is 9.97 Å². The van der Waals surface area contributed by atoms with Crippen molar-refractivity contribution in [2.75, 3.05) is 4.90 Å². The normalized spacial score (nSPS) is 11.5. The van der Waals surface area contributed by atoms with Gasteiger partial charge in [-0.25, -0.2) is 9.97 Å². The van der Waals surface area contributed by atoms with Crippen LogP contribution in [0.4, 0.5) is 17.1 Å². The second-order valence-electron chi connectivity index (χ2n) is 12.7. The summed E-state index contributed by atoms with van der Waals surface area (Å²) < 4.78 is 2.40. The predicted molar refractivity (Wildman–Crippen MR) is 219 cm³/mol. The van der Waals surface area contributed by atoms with Gasteiger partial charge >= 0.3 is 0 Å². The highest BCUT2D eigenvalue weighted by Crippen LogP contribution is 2.40. The van der Waals surface area contributed by atoms with Gasteiger partial charge in [-0.05, 0) is 124 Å². The van der Waals surface area contributed by atoms with Crippen LogP contribution in [0.5, 0.6) is 0 Å². The number of benzene rings is 8. The molecule has 0 unspecified atom stereocenters. The fraction of sp³-hybridized carbons (Fsp3) is 0. The van der Waals surface area contributed by atoms with Crippen molar-refractivity contribution >= 4 is 81.7 Å². The van der Waals surface area contributed by atoms with Crippen molar-refractivity contribution in [2.45, 2.75) is 0 Å². The zero-order valence-corrected chi connectivity index (χ0v) is 29.0. The number of anilines is 3. The SMILES string of the molecule is c1ccc2c(-c3ccc4cc(N(c5ccc(-c6nc7ccccc7s6)cc5)c5ccc(-c6nc7ccccc7s6)cc5)ccc4c3)cccc2c1. The van der Waals surface area contributed by atoms with Crippen molar-refractivity contribution in [1.29, 1.82) is 0 Å². The van der Waals surface area contributed by atoms with E-state index < -0.39 is 0 Å². The Bertz CT molecular complexity index is 2680. The zero-order chi connectivity index (χ0) is 33.7. The summed E-state index contributed by atoms with van der Waals surface area (Å²) in [5.74, 6) is 0. The fourth-order valence-electron chi connectivity index (χ4n) is 6.96. The number of aromatic nitrogens is 2. The molecule has 240 valence electrons. The summed E-state index contributed by atoms with van der Waals surface area (Å²) in [5, 5.41) is 6.99. The van der Waals surface area contributed by atoms with Gasteiger partial charge in [0.2, 0.25) is 0 Å². The molecule has 3 nitrogen and oxygen atoms in total. The van der Waals surface area contributed by atoms with Crippen molar-refractivity contribution < 1.29 is 0 Å². The Morgan fingerprint density at radius 3 is 1.53 bits per heavy atom. The third-order valence-electron chi connectivity index (χ3n) is 9.52. The molecule has 0 fully saturated rings. The summed E-state index contributed by atoms with van der Waals surface area (Å²) in [4.78, 5) is 12.2. The summed E-state index contributed by atoms with van der Waals surface area (Å²) in [6, 6.07) is 63.0. The summed E-state index contributed by atoms with van der Waals surface area (Å²) >= 11 is 3.46. The maximum absolute atomic E-state index is 4.91. The Morgan fingerprint density at radius 1 is 0.373 bits per heavy atom. The molecule has 2 heterocycles. The van der Waals surface area contributed by atoms with Gasteiger partial charge in [0.25, 0.3) is 0 Å². The van der Waals surface area contributed by atoms with E-state index in [-0.39, 0.29) is 0 Å². The van der Waals surface area contributed by atoms with E-state index in [2.05, 4.69) is 169 Å². The van der Waals surface area contributed by atoms with E-state index in [9.17, 15) is 0 Å². The first-order chi connectivity index (χ1) is 25.2. The number of hydrogen-bond acceptors (Lipinski definition) is 5. The minimum atomic E-state index is 1.03. The number of fused-ring (bicyclic) bond motifs is 4. The predicted octanol–water partition coefficient (Wildman–Crippen LogP) is 13.7. The third-order valence-corrected chi connectivity index (χ3v) is 11.7. The molecule has 0 atom stereocenters. The second kappa shape index (κ2) is 12.3. The van der Waals surface area contributed by atoms with Crippen LogP contribution in [-0.2, 0) is 0 Å². The maximum atomic E-state index is 4.91. The molecule has 5 heteroatoms. The van der Waals surface area contributed by atoms with Crippen LogP contribution in [0.1, 0.15) is 0 Å². The number of nitrogens with zero attached hydrogens (tertiary/aromatic N) is 3. The molecule has 0 N–H and O–H groups in total. The fourth-order valence-corrected chi connectivity index (χ4v) is 8.90. The topological polar surface area (TPSA) is 29.0 Å². The number of thiazole rings is 2. The average Bonchev–Trinajstić information content (AvgIpc) is 3.83. The van der Waals surface area contributed by atoms with Crippen LogP contribution in [0.25, 0.3) is 74.2 Å². The van der Waals surface area contributed by atoms with Gasteiger partial charge < -0.3 is 4.90 Å². The molecular weight excluding hydrogens is 659 g/mol. The summed E-state index contributed by atoms with van der Waals surface area (Å²) in [5.41, 5.74) is 10.0. The second-order valence-corrected chi connectivity index (χ2v) is 14.7. The summed E-state index contributed by atoms with van der Waals surface area (Å²) in [6.45, 7) is 0. The van der Waals surface area contributed by atoms with Gasteiger partial charge in [-0.1, -0.05) is 84.9 Å². The molecule has 0 saturated heterocycles. The van der Waals surface area contributed by atoms with Crippen molar-refractivity contribution in [1.82, 2.24) is 9.97 Å². The molecule has 0 bridgehead atoms. The van der Waals surface area contributed by atoms with Crippen molar-refractivity contribution in [3.63, 3.8) is 0 Å². The number of para-hydroxylation sites is 2. The Balaban J connectivity index is 1.05. The Kier molecular flexibility index (Phi) is 7.19. The molecular formula is C46H29N3S2. The highest BCUT2D eigenvalue weighted by molar-refractivity contribution is 7.22. The quantitative estimate of drug-likeness (QED) is 0.174. The highest BCUT2D eigenvalue weighted by atomic mass is 32.1. The Hall–Kier alpha value is -6.14. The first kappa shape index (κ1) is 29.7. The van der Waals surface area contributed by atoms with Crippen LogP contribution in [0.3, 0.4) is 0 Å². The molecule has 0 saturated carbocycles. The van der Waals surface area contributed by atoms with Gasteiger partial charge in [0.05, 0.1) is 20.4 Å². The highest BCUT2D eigenvalue weighted by Gasteiger charge is 2.16. The van der Waals surface area contributed by atoms with Gasteiger partial charge in [-0.3, -0.25) is 0 Å². The molecule has 0 radical (unpaired) electrons. The van der Waals surface area contributed by atoms with Gasteiger partial charge in [0.1, 0.15) is 10.0 Å². The lowest BCUT2D eigenvalue weighted by molar-refractivity contribution is 1.29. The molecule has 0 amide bonds. The first-order valence-corrected chi connectivity index (χ1v) is 18.6. The van der Waals surface area contributed by atoms with Crippen molar-refractivity contribution in [3.05, 3.63) is 176 Å². The minimum absolute atomic E-state index is 1.03. The van der Waals surface area contributed by atoms with Gasteiger partial charge in [0.15, 0.2) is 0 Å². The number of rotatable bonds is 6. The van der Waals surface area contributed by atoms with E-state index in [0.717, 1.165) is 49.2 Å². The molecule has 51 heavy (non-hydrogen) atoms. The summed E-state index contributed by atoms with van der Waals surface area (Å²) in [7, 11) is 0. The lowest BCUT2D eigenvalue weighted by Crippen LogP contribution is -2.09. The van der Waals surface area contributed by atoms with Crippen LogP contribution in [0, 0.1) is 0 Å². The van der Waals surface area contributed by atoms with Crippen LogP contribution < -0.4 is 4.90 Å². The summed E-state index contributed by atoms with van der Waals surface area (Å²) in [6.07, 6.45) is 0. The Labute approximate surface area is 303 Å². The van der Waals surface area contributed by atoms with E-state index >= 15 is 0 Å². The van der Waals surface area contributed by atoms with E-state index in [0.29, 0.717) is 0 Å². The Morgan fingerprint density at radius 2 is 0.882 bits per heavy atom. The molecule has 10 rings (SSSR count). The number of hydrogen-bond donors (Lipinski definition) is 0. The smallest absolute Gasteiger partial charge is 0.124 e. The molecule has 0 spiro atoms. The largest absolute Gasteiger partial charge is 0.310 e. The van der Waals surface area contributed by atoms with Gasteiger partial charge in [0, 0.05) is 28.2 Å². The zero-order valence-electron chi connectivity index (χ0n) is 27.4. The van der Waals surface area contributed by atoms with Crippen LogP contribution in [0.15, 0.2) is 176 Å². The van der Waals surface area contributed by atoms with E-state index in [1.54, 1.807) is 22.7 Å². The van der Waals surface area contributed by atoms with Crippen LogP contribution in [0.2, 0.25) is 0 Å². The van der Waals surface area contributed by atoms with E-state index in [1.165, 1.54) is 42.1 Å².